The molecule has 5 heteroatoms. The largest absolute Gasteiger partial charge is 0.352 e. The van der Waals surface area contributed by atoms with Gasteiger partial charge in [-0.15, -0.1) is 5.10 Å². The summed E-state index contributed by atoms with van der Waals surface area (Å²) < 4.78 is 0. The van der Waals surface area contributed by atoms with Gasteiger partial charge in [-0.3, -0.25) is 9.89 Å². The summed E-state index contributed by atoms with van der Waals surface area (Å²) in [6.45, 7) is 0. The number of aromatic amines is 1. The Labute approximate surface area is 101 Å². The minimum atomic E-state index is -0.265. The van der Waals surface area contributed by atoms with Crippen LogP contribution < -0.4 is 5.32 Å². The third-order valence-corrected chi connectivity index (χ3v) is 3.11. The Hall–Kier alpha value is -1.65. The molecule has 1 aromatic heterocycles. The molecule has 0 bridgehead atoms. The lowest BCUT2D eigenvalue weighted by molar-refractivity contribution is 0.0953. The molecule has 17 heavy (non-hydrogen) atoms. The number of hydrogen-bond donors (Lipinski definition) is 2. The number of nitrogens with one attached hydrogen (secondary N) is 2. The minimum Gasteiger partial charge on any atom is -0.352 e. The second-order valence-electron chi connectivity index (χ2n) is 4.38. The number of carbonyl (C=O) groups excluding carboxylic acids is 1. The first-order chi connectivity index (χ1) is 8.29. The second-order valence-corrected chi connectivity index (χ2v) is 4.38. The highest BCUT2D eigenvalue weighted by Gasteiger charge is 2.11. The highest BCUT2D eigenvalue weighted by Crippen LogP contribution is 2.24. The summed E-state index contributed by atoms with van der Waals surface area (Å²) >= 11 is 0. The van der Waals surface area contributed by atoms with Gasteiger partial charge in [0.2, 0.25) is 5.82 Å². The van der Waals surface area contributed by atoms with Crippen LogP contribution in [0.5, 0.6) is 0 Å². The van der Waals surface area contributed by atoms with E-state index in [0.717, 1.165) is 0 Å². The van der Waals surface area contributed by atoms with Gasteiger partial charge in [-0.1, -0.05) is 25.3 Å². The minimum absolute atomic E-state index is 0.191. The van der Waals surface area contributed by atoms with Crippen LogP contribution in [-0.4, -0.2) is 28.1 Å². The Morgan fingerprint density at radius 2 is 2.18 bits per heavy atom. The van der Waals surface area contributed by atoms with Crippen LogP contribution >= 0.6 is 0 Å². The molecule has 0 spiro atoms. The topological polar surface area (TPSA) is 70.7 Å². The van der Waals surface area contributed by atoms with Crippen molar-refractivity contribution in [2.75, 3.05) is 7.05 Å². The highest BCUT2D eigenvalue weighted by molar-refractivity contribution is 5.90. The van der Waals surface area contributed by atoms with Crippen molar-refractivity contribution < 1.29 is 4.79 Å². The third kappa shape index (κ3) is 3.15. The molecule has 92 valence electrons. The van der Waals surface area contributed by atoms with E-state index in [1.807, 2.05) is 6.08 Å². The van der Waals surface area contributed by atoms with Crippen LogP contribution in [0, 0.1) is 5.92 Å². The SMILES string of the molecule is CNC(=O)c1n[nH]c(/C=C/C2CCCCC2)n1. The molecular formula is C12H18N4O. The van der Waals surface area contributed by atoms with Crippen LogP contribution in [0.15, 0.2) is 6.08 Å². The van der Waals surface area contributed by atoms with Gasteiger partial charge in [0.25, 0.3) is 5.91 Å². The van der Waals surface area contributed by atoms with Crippen LogP contribution in [0.4, 0.5) is 0 Å². The zero-order valence-electron chi connectivity index (χ0n) is 10.1. The maximum absolute atomic E-state index is 11.3. The molecule has 1 heterocycles. The molecule has 1 aliphatic carbocycles. The van der Waals surface area contributed by atoms with E-state index < -0.39 is 0 Å². The van der Waals surface area contributed by atoms with E-state index in [1.165, 1.54) is 32.1 Å². The van der Waals surface area contributed by atoms with Crippen LogP contribution in [0.1, 0.15) is 48.5 Å². The van der Waals surface area contributed by atoms with Gasteiger partial charge in [0.15, 0.2) is 0 Å². The molecule has 0 saturated heterocycles. The summed E-state index contributed by atoms with van der Waals surface area (Å²) in [6.07, 6.45) is 10.6. The van der Waals surface area contributed by atoms with Crippen molar-refractivity contribution in [3.8, 4) is 0 Å². The quantitative estimate of drug-likeness (QED) is 0.837. The van der Waals surface area contributed by atoms with Crippen molar-refractivity contribution in [1.29, 1.82) is 0 Å². The summed E-state index contributed by atoms with van der Waals surface area (Å²) in [5.74, 6) is 1.22. The number of hydrogen-bond acceptors (Lipinski definition) is 3. The van der Waals surface area contributed by atoms with Gasteiger partial charge < -0.3 is 5.32 Å². The molecule has 0 aromatic carbocycles. The number of H-pyrrole nitrogens is 1. The van der Waals surface area contributed by atoms with Gasteiger partial charge in [0, 0.05) is 7.05 Å². The van der Waals surface area contributed by atoms with E-state index in [-0.39, 0.29) is 11.7 Å². The first-order valence-corrected chi connectivity index (χ1v) is 6.12. The first kappa shape index (κ1) is 11.8. The van der Waals surface area contributed by atoms with Crippen molar-refractivity contribution in [3.63, 3.8) is 0 Å². The Bertz CT molecular complexity index is 404. The van der Waals surface area contributed by atoms with Crippen LogP contribution in [0.3, 0.4) is 0 Å². The monoisotopic (exact) mass is 234 g/mol. The molecule has 1 fully saturated rings. The average Bonchev–Trinajstić information content (AvgIpc) is 2.85. The molecular weight excluding hydrogens is 216 g/mol. The highest BCUT2D eigenvalue weighted by atomic mass is 16.2. The smallest absolute Gasteiger partial charge is 0.290 e. The van der Waals surface area contributed by atoms with E-state index >= 15 is 0 Å². The van der Waals surface area contributed by atoms with Gasteiger partial charge in [0.1, 0.15) is 5.82 Å². The summed E-state index contributed by atoms with van der Waals surface area (Å²) in [4.78, 5) is 15.4. The summed E-state index contributed by atoms with van der Waals surface area (Å²) in [5.41, 5.74) is 0. The Morgan fingerprint density at radius 3 is 2.88 bits per heavy atom. The van der Waals surface area contributed by atoms with E-state index in [2.05, 4.69) is 26.6 Å². The molecule has 2 rings (SSSR count). The molecule has 0 radical (unpaired) electrons. The number of amides is 1. The second kappa shape index (κ2) is 5.61. The van der Waals surface area contributed by atoms with Gasteiger partial charge >= 0.3 is 0 Å². The normalized spacial score (nSPS) is 17.5. The molecule has 1 saturated carbocycles. The number of nitrogens with zero attached hydrogens (tertiary/aromatic N) is 2. The van der Waals surface area contributed by atoms with E-state index in [1.54, 1.807) is 7.05 Å². The fraction of sp³-hybridized carbons (Fsp3) is 0.583. The predicted molar refractivity (Wildman–Crippen MR) is 65.4 cm³/mol. The lowest BCUT2D eigenvalue weighted by Gasteiger charge is -2.17. The Morgan fingerprint density at radius 1 is 1.41 bits per heavy atom. The summed E-state index contributed by atoms with van der Waals surface area (Å²) in [6, 6.07) is 0. The number of carbonyl (C=O) groups is 1. The van der Waals surface area contributed by atoms with Gasteiger partial charge in [-0.05, 0) is 24.8 Å². The summed E-state index contributed by atoms with van der Waals surface area (Å²) in [5, 5.41) is 9.10. The lowest BCUT2D eigenvalue weighted by atomic mass is 9.89. The molecule has 1 aliphatic rings. The maximum atomic E-state index is 11.3. The van der Waals surface area contributed by atoms with E-state index in [4.69, 9.17) is 0 Å². The first-order valence-electron chi connectivity index (χ1n) is 6.12. The lowest BCUT2D eigenvalue weighted by Crippen LogP contribution is -2.19. The van der Waals surface area contributed by atoms with Crippen molar-refractivity contribution in [2.24, 2.45) is 5.92 Å². The van der Waals surface area contributed by atoms with Crippen LogP contribution in [-0.2, 0) is 0 Å². The van der Waals surface area contributed by atoms with Crippen molar-refractivity contribution >= 4 is 12.0 Å². The average molecular weight is 234 g/mol. The Kier molecular flexibility index (Phi) is 3.90. The maximum Gasteiger partial charge on any atom is 0.290 e. The molecule has 2 N–H and O–H groups in total. The van der Waals surface area contributed by atoms with Crippen molar-refractivity contribution in [3.05, 3.63) is 17.7 Å². The van der Waals surface area contributed by atoms with Crippen LogP contribution in [0.2, 0.25) is 0 Å². The zero-order chi connectivity index (χ0) is 12.1. The number of rotatable bonds is 3. The standard InChI is InChI=1S/C12H18N4O/c1-13-12(17)11-14-10(15-16-11)8-7-9-5-3-2-4-6-9/h7-9H,2-6H2,1H3,(H,13,17)(H,14,15,16)/b8-7+. The molecule has 0 aliphatic heterocycles. The van der Waals surface area contributed by atoms with E-state index in [9.17, 15) is 4.79 Å². The predicted octanol–water partition coefficient (Wildman–Crippen LogP) is 1.76. The van der Waals surface area contributed by atoms with Crippen LogP contribution in [0.25, 0.3) is 6.08 Å². The third-order valence-electron chi connectivity index (χ3n) is 3.11. The molecule has 1 amide bonds. The molecule has 0 atom stereocenters. The number of allylic oxidation sites excluding steroid dienone is 1. The summed E-state index contributed by atoms with van der Waals surface area (Å²) in [7, 11) is 1.57. The number of aromatic nitrogens is 3. The van der Waals surface area contributed by atoms with Crippen molar-refractivity contribution in [2.45, 2.75) is 32.1 Å². The molecule has 0 unspecified atom stereocenters. The molecule has 5 nitrogen and oxygen atoms in total. The Balaban J connectivity index is 1.95. The van der Waals surface area contributed by atoms with Gasteiger partial charge in [-0.25, -0.2) is 4.98 Å². The van der Waals surface area contributed by atoms with Gasteiger partial charge in [-0.2, -0.15) is 0 Å². The zero-order valence-corrected chi connectivity index (χ0v) is 10.1. The molecule has 1 aromatic rings. The van der Waals surface area contributed by atoms with Crippen molar-refractivity contribution in [1.82, 2.24) is 20.5 Å². The fourth-order valence-corrected chi connectivity index (χ4v) is 2.12. The van der Waals surface area contributed by atoms with Gasteiger partial charge in [0.05, 0.1) is 0 Å². The fourth-order valence-electron chi connectivity index (χ4n) is 2.12. The van der Waals surface area contributed by atoms with E-state index in [0.29, 0.717) is 11.7 Å².